The molecule has 0 spiro atoms. The lowest BCUT2D eigenvalue weighted by atomic mass is 9.77. The second-order valence-electron chi connectivity index (χ2n) is 4.15. The van der Waals surface area contributed by atoms with Crippen LogP contribution < -0.4 is 16.6 Å². The third-order valence-corrected chi connectivity index (χ3v) is 3.10. The maximum Gasteiger partial charge on any atom is 0.293 e. The molecule has 15 heavy (non-hydrogen) atoms. The summed E-state index contributed by atoms with van der Waals surface area (Å²) < 4.78 is 1.51. The Morgan fingerprint density at radius 2 is 2.40 bits per heavy atom. The van der Waals surface area contributed by atoms with Crippen molar-refractivity contribution >= 4 is 5.82 Å². The summed E-state index contributed by atoms with van der Waals surface area (Å²) in [4.78, 5) is 15.8. The molecule has 5 heteroatoms. The molecule has 0 atom stereocenters. The van der Waals surface area contributed by atoms with Gasteiger partial charge in [-0.3, -0.25) is 4.79 Å². The molecule has 1 aromatic rings. The summed E-state index contributed by atoms with van der Waals surface area (Å²) in [6.45, 7) is 0.548. The fourth-order valence-electron chi connectivity index (χ4n) is 1.82. The van der Waals surface area contributed by atoms with Gasteiger partial charge >= 0.3 is 0 Å². The van der Waals surface area contributed by atoms with Gasteiger partial charge in [0.25, 0.3) is 5.56 Å². The average Bonchev–Trinajstić information content (AvgIpc) is 2.18. The lowest BCUT2D eigenvalue weighted by molar-refractivity contribution is 0.286. The summed E-state index contributed by atoms with van der Waals surface area (Å²) in [6.07, 6.45) is 6.46. The first-order chi connectivity index (χ1) is 7.17. The van der Waals surface area contributed by atoms with Crippen molar-refractivity contribution in [1.29, 1.82) is 0 Å². The lowest BCUT2D eigenvalue weighted by Crippen LogP contribution is -2.52. The Hall–Kier alpha value is -1.36. The Kier molecular flexibility index (Phi) is 2.48. The molecular weight excluding hydrogens is 192 g/mol. The van der Waals surface area contributed by atoms with Gasteiger partial charge in [-0.1, -0.05) is 0 Å². The molecule has 1 heterocycles. The van der Waals surface area contributed by atoms with E-state index in [-0.39, 0.29) is 11.1 Å². The van der Waals surface area contributed by atoms with Gasteiger partial charge in [-0.2, -0.15) is 0 Å². The van der Waals surface area contributed by atoms with Crippen LogP contribution >= 0.6 is 0 Å². The zero-order chi connectivity index (χ0) is 10.9. The van der Waals surface area contributed by atoms with Gasteiger partial charge in [0.05, 0.1) is 5.54 Å². The molecule has 1 saturated carbocycles. The van der Waals surface area contributed by atoms with Gasteiger partial charge in [-0.25, -0.2) is 4.98 Å². The van der Waals surface area contributed by atoms with Crippen molar-refractivity contribution in [2.45, 2.75) is 24.8 Å². The largest absolute Gasteiger partial charge is 0.359 e. The number of hydrogen-bond donors (Lipinski definition) is 2. The summed E-state index contributed by atoms with van der Waals surface area (Å²) in [6, 6.07) is 0. The van der Waals surface area contributed by atoms with E-state index in [1.165, 1.54) is 4.57 Å². The van der Waals surface area contributed by atoms with Crippen molar-refractivity contribution in [3.05, 3.63) is 22.7 Å². The van der Waals surface area contributed by atoms with Gasteiger partial charge < -0.3 is 15.6 Å². The van der Waals surface area contributed by atoms with Gasteiger partial charge in [-0.05, 0) is 19.3 Å². The van der Waals surface area contributed by atoms with Crippen molar-refractivity contribution in [3.8, 4) is 0 Å². The predicted octanol–water partition coefficient (Wildman–Crippen LogP) is 0.0736. The van der Waals surface area contributed by atoms with Crippen LogP contribution in [0.3, 0.4) is 0 Å². The van der Waals surface area contributed by atoms with E-state index in [1.54, 1.807) is 19.4 Å². The smallest absolute Gasteiger partial charge is 0.293 e. The maximum atomic E-state index is 11.7. The van der Waals surface area contributed by atoms with E-state index in [4.69, 9.17) is 5.73 Å². The number of hydrogen-bond acceptors (Lipinski definition) is 4. The van der Waals surface area contributed by atoms with Gasteiger partial charge in [-0.15, -0.1) is 0 Å². The van der Waals surface area contributed by atoms with E-state index in [9.17, 15) is 4.79 Å². The fourth-order valence-corrected chi connectivity index (χ4v) is 1.82. The SMILES string of the molecule is Cn1ccnc(NC2(CN)CCC2)c1=O. The van der Waals surface area contributed by atoms with E-state index in [1.807, 2.05) is 0 Å². The summed E-state index contributed by atoms with van der Waals surface area (Å²) >= 11 is 0. The number of anilines is 1. The second kappa shape index (κ2) is 3.66. The number of aromatic nitrogens is 2. The van der Waals surface area contributed by atoms with Crippen LogP contribution in [0.25, 0.3) is 0 Å². The fraction of sp³-hybridized carbons (Fsp3) is 0.600. The van der Waals surface area contributed by atoms with Crippen molar-refractivity contribution in [1.82, 2.24) is 9.55 Å². The third-order valence-electron chi connectivity index (χ3n) is 3.10. The standard InChI is InChI=1S/C10H16N4O/c1-14-6-5-12-8(9(14)15)13-10(7-11)3-2-4-10/h5-6H,2-4,7,11H2,1H3,(H,12,13). The molecule has 0 amide bonds. The monoisotopic (exact) mass is 208 g/mol. The molecular formula is C10H16N4O. The van der Waals surface area contributed by atoms with E-state index in [0.717, 1.165) is 19.3 Å². The molecule has 0 radical (unpaired) electrons. The normalized spacial score (nSPS) is 18.3. The topological polar surface area (TPSA) is 72.9 Å². The molecule has 1 aliphatic rings. The molecule has 0 bridgehead atoms. The van der Waals surface area contributed by atoms with Gasteiger partial charge in [0.15, 0.2) is 5.82 Å². The van der Waals surface area contributed by atoms with Crippen molar-refractivity contribution in [3.63, 3.8) is 0 Å². The summed E-state index contributed by atoms with van der Waals surface area (Å²) in [7, 11) is 1.71. The molecule has 0 unspecified atom stereocenters. The highest BCUT2D eigenvalue weighted by atomic mass is 16.1. The summed E-state index contributed by atoms with van der Waals surface area (Å²) in [5.41, 5.74) is 5.51. The van der Waals surface area contributed by atoms with Crippen LogP contribution in [0.4, 0.5) is 5.82 Å². The first-order valence-electron chi connectivity index (χ1n) is 5.17. The summed E-state index contributed by atoms with van der Waals surface area (Å²) in [5.74, 6) is 0.408. The Balaban J connectivity index is 2.24. The minimum atomic E-state index is -0.0998. The van der Waals surface area contributed by atoms with E-state index in [2.05, 4.69) is 10.3 Å². The number of nitrogens with two attached hydrogens (primary N) is 1. The number of aryl methyl sites for hydroxylation is 1. The van der Waals surface area contributed by atoms with Crippen LogP contribution in [0.1, 0.15) is 19.3 Å². The van der Waals surface area contributed by atoms with Crippen LogP contribution in [-0.4, -0.2) is 21.6 Å². The van der Waals surface area contributed by atoms with E-state index < -0.39 is 0 Å². The van der Waals surface area contributed by atoms with Crippen LogP contribution in [0.5, 0.6) is 0 Å². The van der Waals surface area contributed by atoms with Gasteiger partial charge in [0, 0.05) is 26.0 Å². The molecule has 5 nitrogen and oxygen atoms in total. The molecule has 1 aliphatic carbocycles. The Labute approximate surface area is 88.3 Å². The minimum absolute atomic E-state index is 0.0967. The molecule has 1 fully saturated rings. The Morgan fingerprint density at radius 1 is 1.67 bits per heavy atom. The van der Waals surface area contributed by atoms with Gasteiger partial charge in [0.2, 0.25) is 0 Å². The molecule has 1 aromatic heterocycles. The number of nitrogens with zero attached hydrogens (tertiary/aromatic N) is 2. The van der Waals surface area contributed by atoms with Crippen molar-refractivity contribution in [2.75, 3.05) is 11.9 Å². The van der Waals surface area contributed by atoms with Crippen molar-refractivity contribution < 1.29 is 0 Å². The highest BCUT2D eigenvalue weighted by Gasteiger charge is 2.36. The molecule has 0 aromatic carbocycles. The van der Waals surface area contributed by atoms with Gasteiger partial charge in [0.1, 0.15) is 0 Å². The molecule has 2 rings (SSSR count). The second-order valence-corrected chi connectivity index (χ2v) is 4.15. The minimum Gasteiger partial charge on any atom is -0.359 e. The highest BCUT2D eigenvalue weighted by Crippen LogP contribution is 2.32. The van der Waals surface area contributed by atoms with Crippen LogP contribution in [0.2, 0.25) is 0 Å². The van der Waals surface area contributed by atoms with Crippen molar-refractivity contribution in [2.24, 2.45) is 12.8 Å². The highest BCUT2D eigenvalue weighted by molar-refractivity contribution is 5.36. The third kappa shape index (κ3) is 1.74. The Bertz CT molecular complexity index is 403. The van der Waals surface area contributed by atoms with E-state index >= 15 is 0 Å². The van der Waals surface area contributed by atoms with E-state index in [0.29, 0.717) is 12.4 Å². The molecule has 3 N–H and O–H groups in total. The predicted molar refractivity (Wildman–Crippen MR) is 58.7 cm³/mol. The average molecular weight is 208 g/mol. The molecule has 0 aliphatic heterocycles. The number of nitrogens with one attached hydrogen (secondary N) is 1. The zero-order valence-corrected chi connectivity index (χ0v) is 8.86. The molecule has 82 valence electrons. The van der Waals surface area contributed by atoms with Crippen LogP contribution in [0, 0.1) is 0 Å². The van der Waals surface area contributed by atoms with Crippen LogP contribution in [0.15, 0.2) is 17.2 Å². The number of rotatable bonds is 3. The van der Waals surface area contributed by atoms with Crippen LogP contribution in [-0.2, 0) is 7.05 Å². The first kappa shape index (κ1) is 10.2. The maximum absolute atomic E-state index is 11.7. The first-order valence-corrected chi connectivity index (χ1v) is 5.17. The zero-order valence-electron chi connectivity index (χ0n) is 8.86. The molecule has 0 saturated heterocycles. The quantitative estimate of drug-likeness (QED) is 0.737. The lowest BCUT2D eigenvalue weighted by Gasteiger charge is -2.41. The Morgan fingerprint density at radius 3 is 2.93 bits per heavy atom. The summed E-state index contributed by atoms with van der Waals surface area (Å²) in [5, 5.41) is 3.18.